The van der Waals surface area contributed by atoms with Crippen LogP contribution in [0.1, 0.15) is 27.2 Å². The lowest BCUT2D eigenvalue weighted by Crippen LogP contribution is -2.22. The Hall–Kier alpha value is -0.610. The molecule has 0 unspecified atom stereocenters. The van der Waals surface area contributed by atoms with Gasteiger partial charge < -0.3 is 14.6 Å². The maximum atomic E-state index is 10.8. The van der Waals surface area contributed by atoms with E-state index in [4.69, 9.17) is 4.74 Å². The second-order valence-corrected chi connectivity index (χ2v) is 3.42. The molecule has 78 valence electrons. The van der Waals surface area contributed by atoms with Crippen LogP contribution in [0.4, 0.5) is 0 Å². The molecule has 0 saturated heterocycles. The first-order chi connectivity index (χ1) is 5.95. The summed E-state index contributed by atoms with van der Waals surface area (Å²) in [5, 5.41) is 9.29. The van der Waals surface area contributed by atoms with Gasteiger partial charge in [0.25, 0.3) is 0 Å². The SMILES string of the molecule is CCOC(=O)COCCC(C)(C)O. The van der Waals surface area contributed by atoms with E-state index in [-0.39, 0.29) is 12.6 Å². The summed E-state index contributed by atoms with van der Waals surface area (Å²) in [6, 6.07) is 0. The molecule has 0 aromatic carbocycles. The zero-order chi connectivity index (χ0) is 10.3. The van der Waals surface area contributed by atoms with Crippen LogP contribution < -0.4 is 0 Å². The third-order valence-corrected chi connectivity index (χ3v) is 1.38. The predicted octanol–water partition coefficient (Wildman–Crippen LogP) is 0.727. The third-order valence-electron chi connectivity index (χ3n) is 1.38. The first-order valence-corrected chi connectivity index (χ1v) is 4.41. The van der Waals surface area contributed by atoms with Crippen molar-refractivity contribution >= 4 is 5.97 Å². The third kappa shape index (κ3) is 9.30. The number of carbonyl (C=O) groups excluding carboxylic acids is 1. The van der Waals surface area contributed by atoms with Gasteiger partial charge in [0.1, 0.15) is 6.61 Å². The van der Waals surface area contributed by atoms with Gasteiger partial charge in [0.2, 0.25) is 0 Å². The smallest absolute Gasteiger partial charge is 0.332 e. The van der Waals surface area contributed by atoms with Crippen molar-refractivity contribution in [3.8, 4) is 0 Å². The fourth-order valence-electron chi connectivity index (χ4n) is 0.680. The van der Waals surface area contributed by atoms with Crippen LogP contribution in [0.3, 0.4) is 0 Å². The molecule has 13 heavy (non-hydrogen) atoms. The van der Waals surface area contributed by atoms with Crippen LogP contribution in [-0.2, 0) is 14.3 Å². The molecule has 0 saturated carbocycles. The minimum Gasteiger partial charge on any atom is -0.464 e. The van der Waals surface area contributed by atoms with Crippen LogP contribution in [0.2, 0.25) is 0 Å². The molecule has 0 radical (unpaired) electrons. The zero-order valence-corrected chi connectivity index (χ0v) is 8.50. The summed E-state index contributed by atoms with van der Waals surface area (Å²) in [6.07, 6.45) is 0.506. The minimum atomic E-state index is -0.741. The van der Waals surface area contributed by atoms with E-state index in [0.717, 1.165) is 0 Å². The number of hydrogen-bond donors (Lipinski definition) is 1. The predicted molar refractivity (Wildman–Crippen MR) is 48.4 cm³/mol. The van der Waals surface area contributed by atoms with Crippen LogP contribution >= 0.6 is 0 Å². The molecule has 1 N–H and O–H groups in total. The molecule has 0 bridgehead atoms. The quantitative estimate of drug-likeness (QED) is 0.495. The minimum absolute atomic E-state index is 0.0378. The Labute approximate surface area is 78.8 Å². The van der Waals surface area contributed by atoms with Crippen molar-refractivity contribution in [2.75, 3.05) is 19.8 Å². The van der Waals surface area contributed by atoms with Crippen LogP contribution in [0.25, 0.3) is 0 Å². The summed E-state index contributed by atoms with van der Waals surface area (Å²) in [6.45, 7) is 5.83. The molecular formula is C9H18O4. The molecule has 0 heterocycles. The summed E-state index contributed by atoms with van der Waals surface area (Å²) >= 11 is 0. The average molecular weight is 190 g/mol. The molecule has 0 aromatic heterocycles. The van der Waals surface area contributed by atoms with Gasteiger partial charge in [-0.2, -0.15) is 0 Å². The largest absolute Gasteiger partial charge is 0.464 e. The van der Waals surface area contributed by atoms with Crippen molar-refractivity contribution in [3.63, 3.8) is 0 Å². The molecular weight excluding hydrogens is 172 g/mol. The topological polar surface area (TPSA) is 55.8 Å². The van der Waals surface area contributed by atoms with E-state index in [1.54, 1.807) is 20.8 Å². The van der Waals surface area contributed by atoms with Gasteiger partial charge in [-0.25, -0.2) is 4.79 Å². The van der Waals surface area contributed by atoms with E-state index in [1.807, 2.05) is 0 Å². The van der Waals surface area contributed by atoms with Crippen molar-refractivity contribution in [3.05, 3.63) is 0 Å². The number of ether oxygens (including phenoxy) is 2. The van der Waals surface area contributed by atoms with Crippen LogP contribution in [-0.4, -0.2) is 36.5 Å². The molecule has 0 aliphatic rings. The Morgan fingerprint density at radius 1 is 1.46 bits per heavy atom. The number of carbonyl (C=O) groups is 1. The average Bonchev–Trinajstić information content (AvgIpc) is 1.97. The van der Waals surface area contributed by atoms with E-state index < -0.39 is 5.60 Å². The summed E-state index contributed by atoms with van der Waals surface area (Å²) in [5.41, 5.74) is -0.741. The van der Waals surface area contributed by atoms with E-state index in [9.17, 15) is 9.90 Å². The van der Waals surface area contributed by atoms with Gasteiger partial charge >= 0.3 is 5.97 Å². The monoisotopic (exact) mass is 190 g/mol. The normalized spacial score (nSPS) is 11.4. The van der Waals surface area contributed by atoms with E-state index >= 15 is 0 Å². The van der Waals surface area contributed by atoms with Crippen molar-refractivity contribution in [2.45, 2.75) is 32.8 Å². The Morgan fingerprint density at radius 2 is 2.08 bits per heavy atom. The maximum absolute atomic E-state index is 10.8. The molecule has 4 nitrogen and oxygen atoms in total. The van der Waals surface area contributed by atoms with Crippen molar-refractivity contribution in [2.24, 2.45) is 0 Å². The summed E-state index contributed by atoms with van der Waals surface area (Å²) < 4.78 is 9.64. The fourth-order valence-corrected chi connectivity index (χ4v) is 0.680. The lowest BCUT2D eigenvalue weighted by atomic mass is 10.1. The Bertz CT molecular complexity index is 148. The number of hydrogen-bond acceptors (Lipinski definition) is 4. The highest BCUT2D eigenvalue weighted by molar-refractivity contribution is 5.70. The number of aliphatic hydroxyl groups is 1. The van der Waals surface area contributed by atoms with Crippen molar-refractivity contribution in [1.29, 1.82) is 0 Å². The highest BCUT2D eigenvalue weighted by atomic mass is 16.6. The van der Waals surface area contributed by atoms with E-state index in [2.05, 4.69) is 4.74 Å². The van der Waals surface area contributed by atoms with Gasteiger partial charge in [0.05, 0.1) is 18.8 Å². The Morgan fingerprint density at radius 3 is 2.54 bits per heavy atom. The standard InChI is InChI=1S/C9H18O4/c1-4-13-8(10)7-12-6-5-9(2,3)11/h11H,4-7H2,1-3H3. The molecule has 0 aliphatic heterocycles. The second kappa shape index (κ2) is 5.94. The van der Waals surface area contributed by atoms with Gasteiger partial charge in [0, 0.05) is 0 Å². The second-order valence-electron chi connectivity index (χ2n) is 3.42. The Balaban J connectivity index is 3.31. The molecule has 0 aromatic rings. The van der Waals surface area contributed by atoms with E-state index in [0.29, 0.717) is 19.6 Å². The van der Waals surface area contributed by atoms with Crippen LogP contribution in [0, 0.1) is 0 Å². The number of rotatable bonds is 6. The van der Waals surface area contributed by atoms with Gasteiger partial charge in [-0.05, 0) is 27.2 Å². The lowest BCUT2D eigenvalue weighted by Gasteiger charge is -2.16. The highest BCUT2D eigenvalue weighted by Crippen LogP contribution is 2.06. The summed E-state index contributed by atoms with van der Waals surface area (Å²) in [5.74, 6) is -0.363. The van der Waals surface area contributed by atoms with Crippen LogP contribution in [0.5, 0.6) is 0 Å². The highest BCUT2D eigenvalue weighted by Gasteiger charge is 2.12. The molecule has 0 rings (SSSR count). The van der Waals surface area contributed by atoms with Gasteiger partial charge in [-0.3, -0.25) is 0 Å². The lowest BCUT2D eigenvalue weighted by molar-refractivity contribution is -0.148. The molecule has 0 amide bonds. The molecule has 0 fully saturated rings. The summed E-state index contributed by atoms with van der Waals surface area (Å²) in [4.78, 5) is 10.8. The zero-order valence-electron chi connectivity index (χ0n) is 8.50. The van der Waals surface area contributed by atoms with Crippen molar-refractivity contribution in [1.82, 2.24) is 0 Å². The van der Waals surface area contributed by atoms with Crippen molar-refractivity contribution < 1.29 is 19.4 Å². The van der Waals surface area contributed by atoms with Crippen LogP contribution in [0.15, 0.2) is 0 Å². The van der Waals surface area contributed by atoms with Gasteiger partial charge in [-0.15, -0.1) is 0 Å². The van der Waals surface area contributed by atoms with Gasteiger partial charge in [0.15, 0.2) is 0 Å². The Kier molecular flexibility index (Phi) is 5.66. The van der Waals surface area contributed by atoms with Gasteiger partial charge in [-0.1, -0.05) is 0 Å². The first kappa shape index (κ1) is 12.4. The number of esters is 1. The molecule has 0 spiro atoms. The molecule has 0 aliphatic carbocycles. The fraction of sp³-hybridized carbons (Fsp3) is 0.889. The molecule has 4 heteroatoms. The summed E-state index contributed by atoms with van der Waals surface area (Å²) in [7, 11) is 0. The first-order valence-electron chi connectivity index (χ1n) is 4.41. The molecule has 0 atom stereocenters. The maximum Gasteiger partial charge on any atom is 0.332 e. The van der Waals surface area contributed by atoms with E-state index in [1.165, 1.54) is 0 Å².